The van der Waals surface area contributed by atoms with Crippen LogP contribution >= 0.6 is 0 Å². The number of aliphatic hydroxyl groups is 4. The third-order valence-corrected chi connectivity index (χ3v) is 3.45. The minimum absolute atomic E-state index is 0.0627. The van der Waals surface area contributed by atoms with Gasteiger partial charge in [-0.15, -0.1) is 6.42 Å². The van der Waals surface area contributed by atoms with Crippen molar-refractivity contribution in [3.8, 4) is 12.3 Å². The molecule has 12 heteroatoms. The van der Waals surface area contributed by atoms with Crippen molar-refractivity contribution in [2.75, 3.05) is 12.8 Å². The topological polar surface area (TPSA) is 160 Å². The molecule has 24 heavy (non-hydrogen) atoms. The zero-order chi connectivity index (χ0) is 18.3. The molecule has 0 bridgehead atoms. The van der Waals surface area contributed by atoms with Crippen LogP contribution < -0.4 is 5.73 Å². The van der Waals surface area contributed by atoms with Gasteiger partial charge < -0.3 is 30.9 Å². The average molecular weight is 337 g/mol. The molecule has 2 radical (unpaired) electrons. The van der Waals surface area contributed by atoms with Gasteiger partial charge in [0.15, 0.2) is 11.5 Å². The molecule has 0 saturated carbocycles. The van der Waals surface area contributed by atoms with Crippen molar-refractivity contribution in [2.24, 2.45) is 0 Å². The smallest absolute Gasteiger partial charge is 0.318 e. The summed E-state index contributed by atoms with van der Waals surface area (Å²) >= 11 is 0. The molecule has 0 aliphatic rings. The maximum absolute atomic E-state index is 13.4. The Bertz CT molecular complexity index is 814. The SMILES string of the molecule is [B]C(O)(CC(C#C)(OC)C(O)(O)O)n1cnc2c(N)nc(F)nc21. The van der Waals surface area contributed by atoms with Gasteiger partial charge in [-0.2, -0.15) is 14.4 Å². The number of anilines is 1. The molecule has 2 rings (SSSR count). The summed E-state index contributed by atoms with van der Waals surface area (Å²) in [6, 6.07) is 0. The molecule has 10 nitrogen and oxygen atoms in total. The second kappa shape index (κ2) is 5.65. The quantitative estimate of drug-likeness (QED) is 0.170. The van der Waals surface area contributed by atoms with Gasteiger partial charge in [-0.3, -0.25) is 4.57 Å². The van der Waals surface area contributed by atoms with E-state index in [9.17, 15) is 24.8 Å². The lowest BCUT2D eigenvalue weighted by atomic mass is 9.78. The van der Waals surface area contributed by atoms with Gasteiger partial charge >= 0.3 is 12.1 Å². The third kappa shape index (κ3) is 2.79. The molecule has 126 valence electrons. The molecule has 6 N–H and O–H groups in total. The summed E-state index contributed by atoms with van der Waals surface area (Å²) in [5.74, 6) is -2.03. The first-order valence-corrected chi connectivity index (χ1v) is 6.35. The van der Waals surface area contributed by atoms with E-state index in [0.717, 1.165) is 18.0 Å². The Labute approximate surface area is 136 Å². The van der Waals surface area contributed by atoms with Crippen LogP contribution in [0.2, 0.25) is 0 Å². The molecule has 0 fully saturated rings. The summed E-state index contributed by atoms with van der Waals surface area (Å²) < 4.78 is 18.9. The van der Waals surface area contributed by atoms with E-state index >= 15 is 0 Å². The van der Waals surface area contributed by atoms with E-state index in [0.29, 0.717) is 0 Å². The first-order chi connectivity index (χ1) is 11.0. The summed E-state index contributed by atoms with van der Waals surface area (Å²) in [5, 5.41) is 38.8. The van der Waals surface area contributed by atoms with E-state index in [1.165, 1.54) is 0 Å². The molecular weight excluding hydrogens is 324 g/mol. The summed E-state index contributed by atoms with van der Waals surface area (Å²) in [4.78, 5) is 10.5. The molecule has 0 spiro atoms. The van der Waals surface area contributed by atoms with Crippen LogP contribution in [0.15, 0.2) is 6.33 Å². The van der Waals surface area contributed by atoms with Gasteiger partial charge in [0.05, 0.1) is 6.33 Å². The van der Waals surface area contributed by atoms with Crippen LogP contribution in [0.5, 0.6) is 0 Å². The highest BCUT2D eigenvalue weighted by atomic mass is 19.1. The number of nitrogens with two attached hydrogens (primary N) is 1. The van der Waals surface area contributed by atoms with Gasteiger partial charge in [0, 0.05) is 13.5 Å². The zero-order valence-corrected chi connectivity index (χ0v) is 12.4. The Morgan fingerprint density at radius 3 is 2.54 bits per heavy atom. The normalized spacial score (nSPS) is 17.2. The standard InChI is InChI=1S/C12H13BFN5O5/c1-3-10(24-2,12(21,22)23)4-11(13,20)19-5-16-6-7(15)17-9(14)18-8(6)19/h1,5,20-23H,4H2,2H3,(H2,15,17,18). The second-order valence-electron chi connectivity index (χ2n) is 5.03. The lowest BCUT2D eigenvalue weighted by Crippen LogP contribution is -2.59. The van der Waals surface area contributed by atoms with Crippen LogP contribution in [0.3, 0.4) is 0 Å². The molecule has 2 unspecified atom stereocenters. The highest BCUT2D eigenvalue weighted by Gasteiger charge is 2.52. The highest BCUT2D eigenvalue weighted by molar-refractivity contribution is 6.13. The summed E-state index contributed by atoms with van der Waals surface area (Å²) in [6.45, 7) is 0. The Hall–Kier alpha value is -2.30. The van der Waals surface area contributed by atoms with Crippen molar-refractivity contribution >= 4 is 24.8 Å². The molecule has 0 amide bonds. The fraction of sp³-hybridized carbons (Fsp3) is 0.417. The Morgan fingerprint density at radius 2 is 2.04 bits per heavy atom. The number of ether oxygens (including phenoxy) is 1. The molecule has 2 aromatic rings. The van der Waals surface area contributed by atoms with Crippen molar-refractivity contribution in [2.45, 2.75) is 23.6 Å². The van der Waals surface area contributed by atoms with E-state index < -0.39 is 29.7 Å². The van der Waals surface area contributed by atoms with E-state index in [1.54, 1.807) is 0 Å². The van der Waals surface area contributed by atoms with E-state index in [2.05, 4.69) is 15.0 Å². The van der Waals surface area contributed by atoms with E-state index in [4.69, 9.17) is 24.7 Å². The Balaban J connectivity index is 2.57. The number of aromatic nitrogens is 4. The van der Waals surface area contributed by atoms with Crippen molar-refractivity contribution < 1.29 is 29.6 Å². The molecule has 2 heterocycles. The fourth-order valence-electron chi connectivity index (χ4n) is 2.16. The maximum atomic E-state index is 13.4. The van der Waals surface area contributed by atoms with Crippen molar-refractivity contribution in [1.29, 1.82) is 0 Å². The van der Waals surface area contributed by atoms with Gasteiger partial charge in [0.25, 0.3) is 0 Å². The largest absolute Gasteiger partial charge is 0.382 e. The number of hydrogen-bond donors (Lipinski definition) is 5. The number of hydrogen-bond acceptors (Lipinski definition) is 9. The summed E-state index contributed by atoms with van der Waals surface area (Å²) in [5.41, 5.74) is 0.100. The first-order valence-electron chi connectivity index (χ1n) is 6.35. The van der Waals surface area contributed by atoms with E-state index in [-0.39, 0.29) is 17.0 Å². The summed E-state index contributed by atoms with van der Waals surface area (Å²) in [6.07, 6.45) is 3.99. The van der Waals surface area contributed by atoms with Crippen LogP contribution in [0.1, 0.15) is 6.42 Å². The average Bonchev–Trinajstić information content (AvgIpc) is 2.88. The number of terminal acetylenes is 1. The molecule has 0 aromatic carbocycles. The lowest BCUT2D eigenvalue weighted by molar-refractivity contribution is -0.385. The molecule has 0 aliphatic heterocycles. The molecule has 0 saturated heterocycles. The van der Waals surface area contributed by atoms with Crippen LogP contribution in [0.4, 0.5) is 10.2 Å². The zero-order valence-electron chi connectivity index (χ0n) is 12.4. The lowest BCUT2D eigenvalue weighted by Gasteiger charge is -2.39. The first kappa shape index (κ1) is 18.0. The van der Waals surface area contributed by atoms with Crippen LogP contribution in [-0.4, -0.2) is 66.5 Å². The van der Waals surface area contributed by atoms with Gasteiger partial charge in [0.1, 0.15) is 19.0 Å². The van der Waals surface area contributed by atoms with Gasteiger partial charge in [-0.1, -0.05) is 5.92 Å². The van der Waals surface area contributed by atoms with Gasteiger partial charge in [0.2, 0.25) is 5.60 Å². The molecule has 2 aromatic heterocycles. The summed E-state index contributed by atoms with van der Waals surface area (Å²) in [7, 11) is 6.69. The van der Waals surface area contributed by atoms with Crippen molar-refractivity contribution in [3.63, 3.8) is 0 Å². The van der Waals surface area contributed by atoms with Crippen molar-refractivity contribution in [1.82, 2.24) is 19.5 Å². The highest BCUT2D eigenvalue weighted by Crippen LogP contribution is 2.33. The van der Waals surface area contributed by atoms with Crippen molar-refractivity contribution in [3.05, 3.63) is 12.4 Å². The number of nitrogen functional groups attached to an aromatic ring is 1. The minimum atomic E-state index is -3.54. The maximum Gasteiger partial charge on any atom is 0.318 e. The third-order valence-electron chi connectivity index (χ3n) is 3.45. The van der Waals surface area contributed by atoms with Crippen LogP contribution in [-0.2, 0) is 10.4 Å². The van der Waals surface area contributed by atoms with Crippen LogP contribution in [0.25, 0.3) is 11.2 Å². The fourth-order valence-corrected chi connectivity index (χ4v) is 2.16. The molecule has 0 aliphatic carbocycles. The number of nitrogens with zero attached hydrogens (tertiary/aromatic N) is 4. The van der Waals surface area contributed by atoms with Gasteiger partial charge in [-0.25, -0.2) is 4.98 Å². The molecule has 2 atom stereocenters. The number of rotatable bonds is 5. The molecular formula is C12H13BFN5O5. The Kier molecular flexibility index (Phi) is 4.25. The van der Waals surface area contributed by atoms with Crippen LogP contribution in [0, 0.1) is 18.4 Å². The number of methoxy groups -OCH3 is 1. The monoisotopic (exact) mass is 337 g/mol. The number of halogens is 1. The second-order valence-corrected chi connectivity index (χ2v) is 5.03. The number of fused-ring (bicyclic) bond motifs is 1. The number of imidazole rings is 1. The minimum Gasteiger partial charge on any atom is -0.382 e. The predicted molar refractivity (Wildman–Crippen MR) is 78.2 cm³/mol. The van der Waals surface area contributed by atoms with Gasteiger partial charge in [-0.05, 0) is 0 Å². The Morgan fingerprint density at radius 1 is 1.42 bits per heavy atom. The van der Waals surface area contributed by atoms with E-state index in [1.807, 2.05) is 5.92 Å². The predicted octanol–water partition coefficient (Wildman–Crippen LogP) is -2.64.